The number of aromatic hydroxyl groups is 1. The van der Waals surface area contributed by atoms with E-state index >= 15 is 0 Å². The Labute approximate surface area is 193 Å². The van der Waals surface area contributed by atoms with Crippen molar-refractivity contribution in [3.05, 3.63) is 77.8 Å². The highest BCUT2D eigenvalue weighted by atomic mass is 19.1. The van der Waals surface area contributed by atoms with Crippen LogP contribution in [0, 0.1) is 5.82 Å². The molecule has 0 aliphatic carbocycles. The van der Waals surface area contributed by atoms with Crippen molar-refractivity contribution >= 4 is 23.3 Å². The summed E-state index contributed by atoms with van der Waals surface area (Å²) in [6, 6.07) is 16.4. The van der Waals surface area contributed by atoms with Crippen LogP contribution in [0.1, 0.15) is 16.1 Å². The van der Waals surface area contributed by atoms with E-state index in [1.807, 2.05) is 6.07 Å². The lowest BCUT2D eigenvalue weighted by Crippen LogP contribution is -2.51. The van der Waals surface area contributed by atoms with E-state index in [1.165, 1.54) is 17.0 Å². The maximum absolute atomic E-state index is 13.5. The van der Waals surface area contributed by atoms with Crippen LogP contribution in [0.4, 0.5) is 8.78 Å². The Bertz CT molecular complexity index is 1370. The predicted molar refractivity (Wildman–Crippen MR) is 122 cm³/mol. The van der Waals surface area contributed by atoms with Gasteiger partial charge in [-0.05, 0) is 53.1 Å². The van der Waals surface area contributed by atoms with Gasteiger partial charge >= 0.3 is 0 Å². The van der Waals surface area contributed by atoms with Crippen molar-refractivity contribution in [1.82, 2.24) is 10.2 Å². The molecule has 0 saturated carbocycles. The second-order valence-corrected chi connectivity index (χ2v) is 8.16. The zero-order valence-electron chi connectivity index (χ0n) is 17.9. The molecule has 6 nitrogen and oxygen atoms in total. The highest BCUT2D eigenvalue weighted by molar-refractivity contribution is 6.00. The summed E-state index contributed by atoms with van der Waals surface area (Å²) in [5, 5.41) is 13.7. The van der Waals surface area contributed by atoms with E-state index in [0.29, 0.717) is 34.1 Å². The molecule has 5 rings (SSSR count). The fourth-order valence-corrected chi connectivity index (χ4v) is 4.08. The largest absolute Gasteiger partial charge is 0.504 e. The molecular weight excluding hydrogens is 442 g/mol. The summed E-state index contributed by atoms with van der Waals surface area (Å²) in [7, 11) is 0. The second-order valence-electron chi connectivity index (χ2n) is 8.16. The third-order valence-electron chi connectivity index (χ3n) is 5.92. The van der Waals surface area contributed by atoms with Crippen molar-refractivity contribution in [1.29, 1.82) is 0 Å². The molecule has 1 aliphatic rings. The van der Waals surface area contributed by atoms with Crippen LogP contribution >= 0.6 is 0 Å². The summed E-state index contributed by atoms with van der Waals surface area (Å²) in [6.45, 7) is 0.230. The molecule has 0 spiro atoms. The SMILES string of the molecule is O=CNCc1oc2c(-c3ccc(F)cc3)cc(-c3ccc(C(=O)N4CC(F)C4)cc3)cc2c1O. The number of hydrogen-bond acceptors (Lipinski definition) is 4. The van der Waals surface area contributed by atoms with Gasteiger partial charge in [-0.3, -0.25) is 9.59 Å². The van der Waals surface area contributed by atoms with Crippen LogP contribution in [-0.4, -0.2) is 41.6 Å². The lowest BCUT2D eigenvalue weighted by atomic mass is 9.95. The molecule has 1 saturated heterocycles. The molecule has 8 heteroatoms. The number of furan rings is 1. The van der Waals surface area contributed by atoms with Crippen LogP contribution < -0.4 is 5.32 Å². The lowest BCUT2D eigenvalue weighted by Gasteiger charge is -2.34. The van der Waals surface area contributed by atoms with Gasteiger partial charge in [0.15, 0.2) is 11.5 Å². The average Bonchev–Trinajstić information content (AvgIpc) is 3.15. The number of hydrogen-bond donors (Lipinski definition) is 2. The van der Waals surface area contributed by atoms with Crippen LogP contribution in [0.3, 0.4) is 0 Å². The van der Waals surface area contributed by atoms with Gasteiger partial charge in [-0.1, -0.05) is 24.3 Å². The van der Waals surface area contributed by atoms with Gasteiger partial charge in [-0.25, -0.2) is 8.78 Å². The summed E-state index contributed by atoms with van der Waals surface area (Å²) < 4.78 is 32.5. The van der Waals surface area contributed by atoms with Gasteiger partial charge in [0.05, 0.1) is 25.0 Å². The molecule has 34 heavy (non-hydrogen) atoms. The van der Waals surface area contributed by atoms with Crippen LogP contribution in [0.25, 0.3) is 33.2 Å². The van der Waals surface area contributed by atoms with Crippen LogP contribution in [0.2, 0.25) is 0 Å². The van der Waals surface area contributed by atoms with Crippen molar-refractivity contribution in [2.75, 3.05) is 13.1 Å². The molecule has 2 heterocycles. The number of amides is 2. The first-order valence-electron chi connectivity index (χ1n) is 10.7. The minimum Gasteiger partial charge on any atom is -0.504 e. The van der Waals surface area contributed by atoms with Gasteiger partial charge in [-0.2, -0.15) is 0 Å². The molecule has 0 unspecified atom stereocenters. The molecular formula is C26H20F2N2O4. The number of rotatable bonds is 6. The quantitative estimate of drug-likeness (QED) is 0.409. The normalized spacial score (nSPS) is 13.6. The minimum atomic E-state index is -0.964. The molecule has 1 aliphatic heterocycles. The number of likely N-dealkylation sites (tertiary alicyclic amines) is 1. The third-order valence-corrected chi connectivity index (χ3v) is 5.92. The van der Waals surface area contributed by atoms with E-state index < -0.39 is 6.17 Å². The summed E-state index contributed by atoms with van der Waals surface area (Å²) in [5.41, 5.74) is 3.70. The Morgan fingerprint density at radius 1 is 1.06 bits per heavy atom. The fraction of sp³-hybridized carbons (Fsp3) is 0.154. The first-order chi connectivity index (χ1) is 16.4. The number of halogens is 2. The standard InChI is InChI=1S/C26H20F2N2O4/c27-19-7-5-16(6-8-19)21-9-18(10-22-24(32)23(11-29-14-31)34-25(21)22)15-1-3-17(4-2-15)26(33)30-12-20(28)13-30/h1-10,14,20,32H,11-13H2,(H,29,31). The number of fused-ring (bicyclic) bond motifs is 1. The van der Waals surface area contributed by atoms with E-state index in [-0.39, 0.29) is 42.9 Å². The van der Waals surface area contributed by atoms with Crippen molar-refractivity contribution in [2.24, 2.45) is 0 Å². The Kier molecular flexibility index (Phi) is 5.49. The number of nitrogens with one attached hydrogen (secondary N) is 1. The van der Waals surface area contributed by atoms with E-state index in [1.54, 1.807) is 42.5 Å². The highest BCUT2D eigenvalue weighted by Crippen LogP contribution is 2.41. The number of nitrogens with zero attached hydrogens (tertiary/aromatic N) is 1. The van der Waals surface area contributed by atoms with Crippen LogP contribution in [-0.2, 0) is 11.3 Å². The van der Waals surface area contributed by atoms with Crippen LogP contribution in [0.5, 0.6) is 5.75 Å². The Morgan fingerprint density at radius 2 is 1.74 bits per heavy atom. The van der Waals surface area contributed by atoms with Crippen molar-refractivity contribution in [3.63, 3.8) is 0 Å². The topological polar surface area (TPSA) is 82.8 Å². The van der Waals surface area contributed by atoms with Gasteiger partial charge in [0, 0.05) is 11.1 Å². The molecule has 3 aromatic carbocycles. The number of benzene rings is 3. The minimum absolute atomic E-state index is 0.00918. The summed E-state index contributed by atoms with van der Waals surface area (Å²) in [5.74, 6) is -0.497. The van der Waals surface area contributed by atoms with Crippen molar-refractivity contribution in [2.45, 2.75) is 12.7 Å². The number of carbonyl (C=O) groups excluding carboxylic acids is 2. The smallest absolute Gasteiger partial charge is 0.254 e. The maximum Gasteiger partial charge on any atom is 0.254 e. The van der Waals surface area contributed by atoms with Gasteiger partial charge in [0.1, 0.15) is 17.6 Å². The fourth-order valence-electron chi connectivity index (χ4n) is 4.08. The van der Waals surface area contributed by atoms with Gasteiger partial charge in [-0.15, -0.1) is 0 Å². The van der Waals surface area contributed by atoms with Gasteiger partial charge < -0.3 is 19.7 Å². The zero-order chi connectivity index (χ0) is 23.8. The molecule has 1 aromatic heterocycles. The molecule has 0 radical (unpaired) electrons. The van der Waals surface area contributed by atoms with E-state index in [2.05, 4.69) is 5.32 Å². The average molecular weight is 462 g/mol. The van der Waals surface area contributed by atoms with Crippen molar-refractivity contribution in [3.8, 4) is 28.0 Å². The number of alkyl halides is 1. The molecule has 0 bridgehead atoms. The predicted octanol–water partition coefficient (Wildman–Crippen LogP) is 4.65. The summed E-state index contributed by atoms with van der Waals surface area (Å²) in [4.78, 5) is 24.6. The monoisotopic (exact) mass is 462 g/mol. The first kappa shape index (κ1) is 21.6. The summed E-state index contributed by atoms with van der Waals surface area (Å²) >= 11 is 0. The molecule has 1 fully saturated rings. The van der Waals surface area contributed by atoms with Crippen molar-refractivity contribution < 1.29 is 27.9 Å². The number of carbonyl (C=O) groups is 2. The molecule has 0 atom stereocenters. The lowest BCUT2D eigenvalue weighted by molar-refractivity contribution is -0.109. The highest BCUT2D eigenvalue weighted by Gasteiger charge is 2.30. The Balaban J connectivity index is 1.58. The molecule has 2 amide bonds. The summed E-state index contributed by atoms with van der Waals surface area (Å²) in [6.07, 6.45) is -0.454. The Morgan fingerprint density at radius 3 is 2.38 bits per heavy atom. The van der Waals surface area contributed by atoms with Gasteiger partial charge in [0.25, 0.3) is 5.91 Å². The second kappa shape index (κ2) is 8.62. The van der Waals surface area contributed by atoms with E-state index in [9.17, 15) is 23.5 Å². The zero-order valence-corrected chi connectivity index (χ0v) is 17.9. The molecule has 2 N–H and O–H groups in total. The first-order valence-corrected chi connectivity index (χ1v) is 10.7. The molecule has 172 valence electrons. The third kappa shape index (κ3) is 3.87. The van der Waals surface area contributed by atoms with E-state index in [4.69, 9.17) is 4.42 Å². The Hall–Kier alpha value is -4.20. The van der Waals surface area contributed by atoms with Crippen LogP contribution in [0.15, 0.2) is 65.1 Å². The maximum atomic E-state index is 13.5. The van der Waals surface area contributed by atoms with E-state index in [0.717, 1.165) is 11.1 Å². The van der Waals surface area contributed by atoms with Gasteiger partial charge in [0.2, 0.25) is 6.41 Å². The molecule has 4 aromatic rings.